The molecule has 0 spiro atoms. The average molecular weight is 394 g/mol. The summed E-state index contributed by atoms with van der Waals surface area (Å²) in [7, 11) is 1.40. The minimum atomic E-state index is -1.65. The van der Waals surface area contributed by atoms with Gasteiger partial charge < -0.3 is 14.4 Å². The molecule has 7 heteroatoms. The van der Waals surface area contributed by atoms with E-state index in [9.17, 15) is 19.1 Å². The van der Waals surface area contributed by atoms with Crippen LogP contribution in [0.3, 0.4) is 0 Å². The van der Waals surface area contributed by atoms with Crippen LogP contribution in [0.5, 0.6) is 5.75 Å². The lowest BCUT2D eigenvalue weighted by Crippen LogP contribution is -2.43. The van der Waals surface area contributed by atoms with E-state index in [0.29, 0.717) is 46.4 Å². The fourth-order valence-corrected chi connectivity index (χ4v) is 4.52. The predicted molar refractivity (Wildman–Crippen MR) is 105 cm³/mol. The standard InChI is InChI=1S/C22H19FN2O4/c1-3-22(28)14-8-17-20-12(10-25(17)21(27)13(14)4-5-19(22)26)6-11-7-18(29-2)15(23)9-16(11)24-20/h6-9,28H,3-5,10H2,1-2H3/t22-/m0/s1. The highest BCUT2D eigenvalue weighted by Gasteiger charge is 2.43. The molecular formula is C22H19FN2O4. The molecule has 0 amide bonds. The van der Waals surface area contributed by atoms with Gasteiger partial charge in [0.1, 0.15) is 5.60 Å². The largest absolute Gasteiger partial charge is 0.494 e. The first-order chi connectivity index (χ1) is 13.9. The number of methoxy groups -OCH3 is 1. The lowest BCUT2D eigenvalue weighted by atomic mass is 9.77. The predicted octanol–water partition coefficient (Wildman–Crippen LogP) is 2.69. The summed E-state index contributed by atoms with van der Waals surface area (Å²) in [6.07, 6.45) is 0.675. The maximum atomic E-state index is 14.2. The SMILES string of the molecule is CC[C@@]1(O)C(=O)CCc2c1cc1n(c2=O)Cc2cc3cc(OC)c(F)cc3nc2-1. The number of halogens is 1. The number of fused-ring (bicyclic) bond motifs is 5. The van der Waals surface area contributed by atoms with Crippen LogP contribution < -0.4 is 10.3 Å². The lowest BCUT2D eigenvalue weighted by molar-refractivity contribution is -0.140. The van der Waals surface area contributed by atoms with Gasteiger partial charge in [0.2, 0.25) is 0 Å². The van der Waals surface area contributed by atoms with Crippen molar-refractivity contribution in [1.29, 1.82) is 0 Å². The van der Waals surface area contributed by atoms with Crippen LogP contribution in [-0.4, -0.2) is 27.6 Å². The number of ketones is 1. The zero-order valence-electron chi connectivity index (χ0n) is 16.1. The number of rotatable bonds is 2. The summed E-state index contributed by atoms with van der Waals surface area (Å²) < 4.78 is 20.8. The van der Waals surface area contributed by atoms with E-state index >= 15 is 0 Å². The highest BCUT2D eigenvalue weighted by molar-refractivity contribution is 5.91. The van der Waals surface area contributed by atoms with Gasteiger partial charge in [0.05, 0.1) is 30.6 Å². The minimum Gasteiger partial charge on any atom is -0.494 e. The second-order valence-corrected chi connectivity index (χ2v) is 7.63. The van der Waals surface area contributed by atoms with Crippen LogP contribution in [-0.2, 0) is 23.4 Å². The van der Waals surface area contributed by atoms with Gasteiger partial charge in [-0.15, -0.1) is 0 Å². The molecule has 29 heavy (non-hydrogen) atoms. The van der Waals surface area contributed by atoms with E-state index in [0.717, 1.165) is 5.56 Å². The van der Waals surface area contributed by atoms with E-state index in [1.165, 1.54) is 13.2 Å². The second-order valence-electron chi connectivity index (χ2n) is 7.63. The number of pyridine rings is 2. The molecule has 0 fully saturated rings. The van der Waals surface area contributed by atoms with Crippen molar-refractivity contribution in [1.82, 2.24) is 9.55 Å². The number of aromatic nitrogens is 2. The number of benzene rings is 1. The Kier molecular flexibility index (Phi) is 3.70. The molecule has 0 bridgehead atoms. The molecule has 148 valence electrons. The van der Waals surface area contributed by atoms with Crippen molar-refractivity contribution >= 4 is 16.7 Å². The first-order valence-corrected chi connectivity index (χ1v) is 9.57. The van der Waals surface area contributed by atoms with Gasteiger partial charge in [0, 0.05) is 34.6 Å². The average Bonchev–Trinajstić information content (AvgIpc) is 3.07. The second kappa shape index (κ2) is 5.97. The van der Waals surface area contributed by atoms with Crippen LogP contribution in [0.15, 0.2) is 29.1 Å². The Bertz CT molecular complexity index is 1280. The third-order valence-electron chi connectivity index (χ3n) is 6.16. The number of carbonyl (C=O) groups excluding carboxylic acids is 1. The highest BCUT2D eigenvalue weighted by atomic mass is 19.1. The zero-order chi connectivity index (χ0) is 20.5. The van der Waals surface area contributed by atoms with E-state index in [2.05, 4.69) is 4.98 Å². The number of ether oxygens (including phenoxy) is 1. The van der Waals surface area contributed by atoms with Crippen LogP contribution in [0.4, 0.5) is 4.39 Å². The van der Waals surface area contributed by atoms with Gasteiger partial charge in [-0.25, -0.2) is 9.37 Å². The molecule has 0 saturated carbocycles. The minimum absolute atomic E-state index is 0.133. The molecule has 1 N–H and O–H groups in total. The maximum absolute atomic E-state index is 14.2. The normalized spacial score (nSPS) is 19.8. The third kappa shape index (κ3) is 2.34. The molecule has 6 nitrogen and oxygen atoms in total. The van der Waals surface area contributed by atoms with Gasteiger partial charge in [-0.3, -0.25) is 9.59 Å². The quantitative estimate of drug-likeness (QED) is 0.565. The number of nitrogens with zero attached hydrogens (tertiary/aromatic N) is 2. The van der Waals surface area contributed by atoms with Gasteiger partial charge in [0.25, 0.3) is 5.56 Å². The Balaban J connectivity index is 1.77. The lowest BCUT2D eigenvalue weighted by Gasteiger charge is -2.32. The summed E-state index contributed by atoms with van der Waals surface area (Å²) >= 11 is 0. The fraction of sp³-hybridized carbons (Fsp3) is 0.318. The summed E-state index contributed by atoms with van der Waals surface area (Å²) in [5.41, 5.74) is 1.40. The number of Topliss-reactive ketones (excluding diaryl/α,β-unsaturated/α-hetero) is 1. The summed E-state index contributed by atoms with van der Waals surface area (Å²) in [5.74, 6) is -0.649. The zero-order valence-corrected chi connectivity index (χ0v) is 16.1. The van der Waals surface area contributed by atoms with Crippen LogP contribution >= 0.6 is 0 Å². The Morgan fingerprint density at radius 1 is 1.24 bits per heavy atom. The molecule has 2 aliphatic rings. The van der Waals surface area contributed by atoms with Crippen molar-refractivity contribution in [3.63, 3.8) is 0 Å². The van der Waals surface area contributed by atoms with E-state index in [1.54, 1.807) is 23.6 Å². The smallest absolute Gasteiger partial charge is 0.254 e. The van der Waals surface area contributed by atoms with Crippen molar-refractivity contribution in [2.24, 2.45) is 0 Å². The maximum Gasteiger partial charge on any atom is 0.254 e. The Morgan fingerprint density at radius 3 is 2.76 bits per heavy atom. The van der Waals surface area contributed by atoms with E-state index < -0.39 is 11.4 Å². The van der Waals surface area contributed by atoms with Crippen molar-refractivity contribution in [2.45, 2.75) is 38.3 Å². The van der Waals surface area contributed by atoms with Crippen LogP contribution in [0.2, 0.25) is 0 Å². The summed E-state index contributed by atoms with van der Waals surface area (Å²) in [6.45, 7) is 2.08. The molecular weight excluding hydrogens is 375 g/mol. The van der Waals surface area contributed by atoms with Gasteiger partial charge in [0.15, 0.2) is 17.3 Å². The third-order valence-corrected chi connectivity index (χ3v) is 6.16. The number of carbonyl (C=O) groups is 1. The van der Waals surface area contributed by atoms with Crippen LogP contribution in [0.1, 0.15) is 36.5 Å². The van der Waals surface area contributed by atoms with Crippen molar-refractivity contribution in [3.05, 3.63) is 57.1 Å². The highest BCUT2D eigenvalue weighted by Crippen LogP contribution is 2.39. The first kappa shape index (κ1) is 18.0. The van der Waals surface area contributed by atoms with Crippen molar-refractivity contribution in [3.8, 4) is 17.1 Å². The molecule has 1 atom stereocenters. The molecule has 0 saturated heterocycles. The number of hydrogen-bond acceptors (Lipinski definition) is 5. The molecule has 0 unspecified atom stereocenters. The molecule has 1 aliphatic heterocycles. The fourth-order valence-electron chi connectivity index (χ4n) is 4.52. The van der Waals surface area contributed by atoms with Crippen molar-refractivity contribution in [2.75, 3.05) is 7.11 Å². The first-order valence-electron chi connectivity index (χ1n) is 9.57. The van der Waals surface area contributed by atoms with Gasteiger partial charge in [-0.05, 0) is 31.0 Å². The Hall–Kier alpha value is -3.06. The number of aliphatic hydroxyl groups is 1. The molecule has 3 heterocycles. The number of hydrogen-bond donors (Lipinski definition) is 1. The summed E-state index contributed by atoms with van der Waals surface area (Å²) in [5, 5.41) is 11.7. The Morgan fingerprint density at radius 2 is 2.03 bits per heavy atom. The van der Waals surface area contributed by atoms with Crippen LogP contribution in [0.25, 0.3) is 22.3 Å². The van der Waals surface area contributed by atoms with Crippen LogP contribution in [0, 0.1) is 5.82 Å². The monoisotopic (exact) mass is 394 g/mol. The molecule has 1 aromatic carbocycles. The summed E-state index contributed by atoms with van der Waals surface area (Å²) in [4.78, 5) is 30.2. The Labute approximate surface area is 165 Å². The van der Waals surface area contributed by atoms with E-state index in [4.69, 9.17) is 4.74 Å². The topological polar surface area (TPSA) is 81.4 Å². The molecule has 1 aliphatic carbocycles. The summed E-state index contributed by atoms with van der Waals surface area (Å²) in [6, 6.07) is 6.48. The van der Waals surface area contributed by atoms with Gasteiger partial charge in [-0.1, -0.05) is 6.92 Å². The van der Waals surface area contributed by atoms with Gasteiger partial charge in [-0.2, -0.15) is 0 Å². The molecule has 3 aromatic rings. The molecule has 5 rings (SSSR count). The molecule has 0 radical (unpaired) electrons. The molecule has 2 aromatic heterocycles. The van der Waals surface area contributed by atoms with Gasteiger partial charge >= 0.3 is 0 Å². The van der Waals surface area contributed by atoms with E-state index in [1.807, 2.05) is 6.07 Å². The van der Waals surface area contributed by atoms with Crippen molar-refractivity contribution < 1.29 is 19.0 Å². The van der Waals surface area contributed by atoms with E-state index in [-0.39, 0.29) is 29.9 Å².